The van der Waals surface area contributed by atoms with Crippen LogP contribution in [0.1, 0.15) is 48.8 Å². The number of pyridine rings is 2. The highest BCUT2D eigenvalue weighted by molar-refractivity contribution is 6.32. The minimum atomic E-state index is -0.0753. The Bertz CT molecular complexity index is 721. The third-order valence-corrected chi connectivity index (χ3v) is 4.22. The molecule has 5 nitrogen and oxygen atoms in total. The van der Waals surface area contributed by atoms with Crippen molar-refractivity contribution < 1.29 is 9.53 Å². The molecule has 0 bridgehead atoms. The van der Waals surface area contributed by atoms with Crippen LogP contribution in [0, 0.1) is 0 Å². The Morgan fingerprint density at radius 2 is 2.21 bits per heavy atom. The summed E-state index contributed by atoms with van der Waals surface area (Å²) in [4.78, 5) is 23.3. The number of halogens is 1. The van der Waals surface area contributed by atoms with Crippen molar-refractivity contribution in [2.75, 3.05) is 6.54 Å². The highest BCUT2D eigenvalue weighted by Crippen LogP contribution is 2.32. The quantitative estimate of drug-likeness (QED) is 0.843. The van der Waals surface area contributed by atoms with Crippen LogP contribution >= 0.6 is 11.6 Å². The average Bonchev–Trinajstić information content (AvgIpc) is 3.06. The first-order valence-electron chi connectivity index (χ1n) is 8.10. The van der Waals surface area contributed by atoms with E-state index in [-0.39, 0.29) is 18.1 Å². The van der Waals surface area contributed by atoms with E-state index in [2.05, 4.69) is 9.97 Å². The molecule has 2 aromatic rings. The maximum atomic E-state index is 12.9. The first kappa shape index (κ1) is 16.7. The minimum Gasteiger partial charge on any atom is -0.474 e. The molecule has 0 unspecified atom stereocenters. The Labute approximate surface area is 146 Å². The second-order valence-electron chi connectivity index (χ2n) is 6.09. The van der Waals surface area contributed by atoms with Gasteiger partial charge in [-0.15, -0.1) is 0 Å². The van der Waals surface area contributed by atoms with E-state index in [4.69, 9.17) is 16.3 Å². The molecule has 2 aromatic heterocycles. The number of carbonyl (C=O) groups is 1. The Hall–Kier alpha value is -2.14. The second kappa shape index (κ2) is 7.18. The SMILES string of the molecule is CC(C)Oc1ncc(C(=O)N2CCC[C@@H]2c2ccccn2)cc1Cl. The molecule has 0 spiro atoms. The van der Waals surface area contributed by atoms with Crippen molar-refractivity contribution >= 4 is 17.5 Å². The molecule has 0 N–H and O–H groups in total. The molecular weight excluding hydrogens is 326 g/mol. The lowest BCUT2D eigenvalue weighted by atomic mass is 10.1. The number of aromatic nitrogens is 2. The van der Waals surface area contributed by atoms with Gasteiger partial charge in [0.25, 0.3) is 5.91 Å². The predicted molar refractivity (Wildman–Crippen MR) is 92.3 cm³/mol. The average molecular weight is 346 g/mol. The Kier molecular flexibility index (Phi) is 5.00. The zero-order chi connectivity index (χ0) is 17.1. The van der Waals surface area contributed by atoms with Crippen LogP contribution in [0.5, 0.6) is 5.88 Å². The molecule has 0 saturated carbocycles. The van der Waals surface area contributed by atoms with Gasteiger partial charge >= 0.3 is 0 Å². The summed E-state index contributed by atoms with van der Waals surface area (Å²) < 4.78 is 5.52. The van der Waals surface area contributed by atoms with Crippen molar-refractivity contribution in [2.45, 2.75) is 38.8 Å². The lowest BCUT2D eigenvalue weighted by Crippen LogP contribution is -2.31. The Morgan fingerprint density at radius 3 is 2.88 bits per heavy atom. The van der Waals surface area contributed by atoms with Crippen molar-refractivity contribution in [3.63, 3.8) is 0 Å². The summed E-state index contributed by atoms with van der Waals surface area (Å²) in [6.45, 7) is 4.51. The minimum absolute atomic E-state index is 0.00376. The number of ether oxygens (including phenoxy) is 1. The van der Waals surface area contributed by atoms with Gasteiger partial charge in [0.2, 0.25) is 5.88 Å². The number of likely N-dealkylation sites (tertiary alicyclic amines) is 1. The smallest absolute Gasteiger partial charge is 0.256 e. The standard InChI is InChI=1S/C18H20ClN3O2/c1-12(2)24-17-14(19)10-13(11-21-17)18(23)22-9-5-7-16(22)15-6-3-4-8-20-15/h3-4,6,8,10-12,16H,5,7,9H2,1-2H3/t16-/m1/s1. The van der Waals surface area contributed by atoms with Gasteiger partial charge in [0.05, 0.1) is 23.4 Å². The molecule has 24 heavy (non-hydrogen) atoms. The van der Waals surface area contributed by atoms with Gasteiger partial charge < -0.3 is 9.64 Å². The molecule has 1 saturated heterocycles. The fourth-order valence-corrected chi connectivity index (χ4v) is 3.12. The largest absolute Gasteiger partial charge is 0.474 e. The highest BCUT2D eigenvalue weighted by Gasteiger charge is 2.31. The third-order valence-electron chi connectivity index (χ3n) is 3.94. The number of hydrogen-bond acceptors (Lipinski definition) is 4. The second-order valence-corrected chi connectivity index (χ2v) is 6.50. The summed E-state index contributed by atoms with van der Waals surface area (Å²) in [7, 11) is 0. The maximum absolute atomic E-state index is 12.9. The lowest BCUT2D eigenvalue weighted by Gasteiger charge is -2.24. The van der Waals surface area contributed by atoms with E-state index in [9.17, 15) is 4.79 Å². The monoisotopic (exact) mass is 345 g/mol. The molecule has 3 rings (SSSR count). The fraction of sp³-hybridized carbons (Fsp3) is 0.389. The molecule has 0 aromatic carbocycles. The first-order valence-corrected chi connectivity index (χ1v) is 8.48. The van der Waals surface area contributed by atoms with E-state index >= 15 is 0 Å². The summed E-state index contributed by atoms with van der Waals surface area (Å²) in [5, 5.41) is 0.350. The van der Waals surface area contributed by atoms with E-state index < -0.39 is 0 Å². The molecule has 0 aliphatic carbocycles. The summed E-state index contributed by atoms with van der Waals surface area (Å²) in [6.07, 6.45) is 5.14. The van der Waals surface area contributed by atoms with Gasteiger partial charge in [0, 0.05) is 18.9 Å². The zero-order valence-electron chi connectivity index (χ0n) is 13.8. The number of rotatable bonds is 4. The molecule has 6 heteroatoms. The zero-order valence-corrected chi connectivity index (χ0v) is 14.5. The van der Waals surface area contributed by atoms with Gasteiger partial charge in [-0.05, 0) is 44.9 Å². The van der Waals surface area contributed by atoms with Gasteiger partial charge in [0.1, 0.15) is 5.02 Å². The fourth-order valence-electron chi connectivity index (χ4n) is 2.91. The predicted octanol–water partition coefficient (Wildman–Crippen LogP) is 3.89. The number of amides is 1. The molecule has 1 fully saturated rings. The molecule has 0 radical (unpaired) electrons. The van der Waals surface area contributed by atoms with Crippen molar-refractivity contribution in [3.05, 3.63) is 52.9 Å². The number of hydrogen-bond donors (Lipinski definition) is 0. The third kappa shape index (κ3) is 3.51. The normalized spacial score (nSPS) is 17.3. The van der Waals surface area contributed by atoms with Crippen LogP contribution < -0.4 is 4.74 Å². The van der Waals surface area contributed by atoms with Crippen LogP contribution in [0.3, 0.4) is 0 Å². The van der Waals surface area contributed by atoms with Crippen LogP contribution in [-0.2, 0) is 0 Å². The summed E-state index contributed by atoms with van der Waals surface area (Å²) in [5.41, 5.74) is 1.39. The molecule has 126 valence electrons. The van der Waals surface area contributed by atoms with Gasteiger partial charge in [-0.25, -0.2) is 4.98 Å². The van der Waals surface area contributed by atoms with Gasteiger partial charge in [-0.1, -0.05) is 17.7 Å². The van der Waals surface area contributed by atoms with E-state index in [1.54, 1.807) is 12.3 Å². The topological polar surface area (TPSA) is 55.3 Å². The van der Waals surface area contributed by atoms with Crippen molar-refractivity contribution in [2.24, 2.45) is 0 Å². The molecule has 1 aliphatic heterocycles. The molecule has 1 atom stereocenters. The van der Waals surface area contributed by atoms with Crippen LogP contribution in [-0.4, -0.2) is 33.4 Å². The summed E-state index contributed by atoms with van der Waals surface area (Å²) in [5.74, 6) is 0.277. The highest BCUT2D eigenvalue weighted by atomic mass is 35.5. The Morgan fingerprint density at radius 1 is 1.38 bits per heavy atom. The lowest BCUT2D eigenvalue weighted by molar-refractivity contribution is 0.0732. The van der Waals surface area contributed by atoms with Gasteiger partial charge in [0.15, 0.2) is 0 Å². The summed E-state index contributed by atoms with van der Waals surface area (Å²) in [6, 6.07) is 7.41. The Balaban J connectivity index is 1.82. The van der Waals surface area contributed by atoms with Crippen LogP contribution in [0.2, 0.25) is 5.02 Å². The van der Waals surface area contributed by atoms with Crippen molar-refractivity contribution in [1.82, 2.24) is 14.9 Å². The van der Waals surface area contributed by atoms with E-state index in [0.29, 0.717) is 23.0 Å². The molecule has 1 amide bonds. The van der Waals surface area contributed by atoms with E-state index in [1.165, 1.54) is 6.20 Å². The molecule has 3 heterocycles. The van der Waals surface area contributed by atoms with E-state index in [0.717, 1.165) is 18.5 Å². The van der Waals surface area contributed by atoms with Crippen molar-refractivity contribution in [1.29, 1.82) is 0 Å². The van der Waals surface area contributed by atoms with Gasteiger partial charge in [-0.3, -0.25) is 9.78 Å². The van der Waals surface area contributed by atoms with Crippen LogP contribution in [0.15, 0.2) is 36.7 Å². The number of nitrogens with zero attached hydrogens (tertiary/aromatic N) is 3. The molecule has 1 aliphatic rings. The number of carbonyl (C=O) groups excluding carboxylic acids is 1. The molecular formula is C18H20ClN3O2. The summed E-state index contributed by atoms with van der Waals surface area (Å²) >= 11 is 6.21. The van der Waals surface area contributed by atoms with Crippen molar-refractivity contribution in [3.8, 4) is 5.88 Å². The van der Waals surface area contributed by atoms with Crippen LogP contribution in [0.25, 0.3) is 0 Å². The van der Waals surface area contributed by atoms with E-state index in [1.807, 2.05) is 36.9 Å². The maximum Gasteiger partial charge on any atom is 0.256 e. The van der Waals surface area contributed by atoms with Gasteiger partial charge in [-0.2, -0.15) is 0 Å². The van der Waals surface area contributed by atoms with Crippen LogP contribution in [0.4, 0.5) is 0 Å². The first-order chi connectivity index (χ1) is 11.6.